The Balaban J connectivity index is 1.24. The summed E-state index contributed by atoms with van der Waals surface area (Å²) in [5, 5.41) is 14.0. The molecule has 5 rings (SSSR count). The van der Waals surface area contributed by atoms with Gasteiger partial charge in [-0.05, 0) is 67.7 Å². The number of carbonyl (C=O) groups is 2. The number of nitrogens with zero attached hydrogens (tertiary/aromatic N) is 1. The summed E-state index contributed by atoms with van der Waals surface area (Å²) >= 11 is 3.21. The lowest BCUT2D eigenvalue weighted by molar-refractivity contribution is 0.0822. The van der Waals surface area contributed by atoms with Gasteiger partial charge in [0.1, 0.15) is 0 Å². The Morgan fingerprint density at radius 2 is 1.98 bits per heavy atom. The summed E-state index contributed by atoms with van der Waals surface area (Å²) in [7, 11) is 0. The van der Waals surface area contributed by atoms with Gasteiger partial charge in [0.05, 0.1) is 11.7 Å². The molecule has 0 radical (unpaired) electrons. The van der Waals surface area contributed by atoms with Crippen LogP contribution in [0, 0.1) is 5.92 Å². The largest absolute Gasteiger partial charge is 0.387 e. The third kappa shape index (κ3) is 7.43. The van der Waals surface area contributed by atoms with E-state index in [0.717, 1.165) is 52.1 Å². The van der Waals surface area contributed by atoms with Crippen molar-refractivity contribution in [1.82, 2.24) is 4.90 Å². The summed E-state index contributed by atoms with van der Waals surface area (Å²) in [4.78, 5) is 31.0. The Kier molecular flexibility index (Phi) is 10.1. The summed E-state index contributed by atoms with van der Waals surface area (Å²) in [5.41, 5.74) is 4.16. The molecule has 1 aromatic carbocycles. The van der Waals surface area contributed by atoms with Crippen LogP contribution in [-0.4, -0.2) is 28.2 Å². The molecule has 0 saturated heterocycles. The molecule has 0 spiro atoms. The maximum absolute atomic E-state index is 13.9. The van der Waals surface area contributed by atoms with E-state index in [1.54, 1.807) is 16.2 Å². The minimum atomic E-state index is -0.540. The van der Waals surface area contributed by atoms with Crippen molar-refractivity contribution in [1.29, 1.82) is 0 Å². The van der Waals surface area contributed by atoms with Gasteiger partial charge in [0.25, 0.3) is 5.91 Å². The molecule has 6 heteroatoms. The van der Waals surface area contributed by atoms with Gasteiger partial charge in [-0.1, -0.05) is 86.2 Å². The molecule has 3 heterocycles. The molecule has 0 saturated carbocycles. The SMILES string of the molecule is C=C(C[C@H](O)c1cc2c(s1)=CCCC=2)C(C)C/C=C(/C)CN1/C=C/CC(C)c2scc(C(=O)Cc3ccccc3)c2C1=O. The standard InChI is InChI=1S/C37H41NO3S2/c1-24(16-17-25(2)27(4)19-32(40)34-21-29-14-8-9-15-33(29)43-34)22-38-18-10-11-26(3)36-35(37(38)41)30(23-42-36)31(39)20-28-12-6-5-7-13-28/h5-7,10,12-16,18,21,23,25-26,32,40H,4,8-9,11,17,19-20,22H2,1-3H3/b18-10+,24-16-/t25?,26?,32-/m0/s1. The van der Waals surface area contributed by atoms with Crippen LogP contribution < -0.4 is 9.75 Å². The molecule has 224 valence electrons. The minimum Gasteiger partial charge on any atom is -0.387 e. The van der Waals surface area contributed by atoms with Gasteiger partial charge in [-0.25, -0.2) is 0 Å². The number of Topliss-reactive ketones (excluding diaryl/α,β-unsaturated/α-hetero) is 1. The van der Waals surface area contributed by atoms with Crippen molar-refractivity contribution in [2.45, 2.75) is 71.3 Å². The smallest absolute Gasteiger partial charge is 0.259 e. The number of aliphatic hydroxyl groups is 1. The van der Waals surface area contributed by atoms with Gasteiger partial charge in [-0.3, -0.25) is 9.59 Å². The second-order valence-electron chi connectivity index (χ2n) is 11.9. The van der Waals surface area contributed by atoms with Crippen LogP contribution in [0.4, 0.5) is 0 Å². The first-order valence-electron chi connectivity index (χ1n) is 15.2. The molecule has 1 aliphatic heterocycles. The van der Waals surface area contributed by atoms with Gasteiger partial charge in [-0.2, -0.15) is 0 Å². The summed E-state index contributed by atoms with van der Waals surface area (Å²) in [5.74, 6) is 0.240. The van der Waals surface area contributed by atoms with Gasteiger partial charge in [0, 0.05) is 44.4 Å². The molecule has 2 aliphatic rings. The van der Waals surface area contributed by atoms with Crippen LogP contribution in [-0.2, 0) is 6.42 Å². The van der Waals surface area contributed by atoms with Gasteiger partial charge in [0.2, 0.25) is 0 Å². The normalized spacial score (nSPS) is 18.8. The van der Waals surface area contributed by atoms with Crippen molar-refractivity contribution in [2.24, 2.45) is 5.92 Å². The summed E-state index contributed by atoms with van der Waals surface area (Å²) < 4.78 is 1.27. The molecule has 1 aliphatic carbocycles. The Labute approximate surface area is 263 Å². The molecule has 43 heavy (non-hydrogen) atoms. The van der Waals surface area contributed by atoms with Gasteiger partial charge in [-0.15, -0.1) is 22.7 Å². The van der Waals surface area contributed by atoms with Crippen LogP contribution in [0.2, 0.25) is 0 Å². The number of hydrogen-bond donors (Lipinski definition) is 1. The fraction of sp³-hybridized carbons (Fsp3) is 0.351. The second kappa shape index (κ2) is 14.0. The molecule has 4 nitrogen and oxygen atoms in total. The van der Waals surface area contributed by atoms with E-state index < -0.39 is 6.10 Å². The Bertz CT molecular complexity index is 1640. The van der Waals surface area contributed by atoms with Crippen LogP contribution in [0.3, 0.4) is 0 Å². The van der Waals surface area contributed by atoms with E-state index in [9.17, 15) is 14.7 Å². The molecular weight excluding hydrogens is 571 g/mol. The summed E-state index contributed by atoms with van der Waals surface area (Å²) in [6.07, 6.45) is 14.6. The Hall–Kier alpha value is -3.32. The number of rotatable bonds is 11. The lowest BCUT2D eigenvalue weighted by atomic mass is 9.92. The minimum absolute atomic E-state index is 0.0190. The molecule has 3 atom stereocenters. The first-order chi connectivity index (χ1) is 20.7. The van der Waals surface area contributed by atoms with Crippen LogP contribution >= 0.6 is 22.7 Å². The highest BCUT2D eigenvalue weighted by molar-refractivity contribution is 7.11. The number of aliphatic hydroxyl groups excluding tert-OH is 1. The maximum atomic E-state index is 13.9. The van der Waals surface area contributed by atoms with Crippen LogP contribution in [0.25, 0.3) is 12.2 Å². The van der Waals surface area contributed by atoms with Crippen molar-refractivity contribution in [3.63, 3.8) is 0 Å². The van der Waals surface area contributed by atoms with Gasteiger partial charge >= 0.3 is 0 Å². The van der Waals surface area contributed by atoms with Gasteiger partial charge < -0.3 is 10.0 Å². The lowest BCUT2D eigenvalue weighted by Crippen LogP contribution is -2.30. The van der Waals surface area contributed by atoms with Crippen molar-refractivity contribution >= 4 is 46.5 Å². The molecule has 0 fully saturated rings. The van der Waals surface area contributed by atoms with E-state index in [1.165, 1.54) is 21.1 Å². The quantitative estimate of drug-likeness (QED) is 0.179. The first kappa shape index (κ1) is 31.1. The number of carbonyl (C=O) groups excluding carboxylic acids is 2. The van der Waals surface area contributed by atoms with Crippen LogP contribution in [0.5, 0.6) is 0 Å². The zero-order valence-electron chi connectivity index (χ0n) is 25.3. The fourth-order valence-corrected chi connectivity index (χ4v) is 7.94. The van der Waals surface area contributed by atoms with E-state index in [4.69, 9.17) is 0 Å². The van der Waals surface area contributed by atoms with E-state index in [-0.39, 0.29) is 29.9 Å². The molecule has 3 aromatic rings. The molecule has 2 unspecified atom stereocenters. The number of benzene rings is 1. The average molecular weight is 612 g/mol. The summed E-state index contributed by atoms with van der Waals surface area (Å²) in [6, 6.07) is 11.8. The zero-order valence-corrected chi connectivity index (χ0v) is 27.0. The first-order valence-corrected chi connectivity index (χ1v) is 16.9. The van der Waals surface area contributed by atoms with Crippen molar-refractivity contribution in [3.8, 4) is 0 Å². The number of allylic oxidation sites excluding steroid dienone is 2. The highest BCUT2D eigenvalue weighted by Gasteiger charge is 2.29. The molecule has 0 bridgehead atoms. The third-order valence-electron chi connectivity index (χ3n) is 8.42. The predicted octanol–water partition coefficient (Wildman–Crippen LogP) is 7.71. The van der Waals surface area contributed by atoms with Crippen molar-refractivity contribution < 1.29 is 14.7 Å². The van der Waals surface area contributed by atoms with Crippen LogP contribution in [0.1, 0.15) is 101 Å². The predicted molar refractivity (Wildman–Crippen MR) is 180 cm³/mol. The van der Waals surface area contributed by atoms with Crippen molar-refractivity contribution in [2.75, 3.05) is 6.54 Å². The molecule has 2 aromatic heterocycles. The molecular formula is C37H41NO3S2. The third-order valence-corrected chi connectivity index (χ3v) is 10.9. The number of hydrogen-bond acceptors (Lipinski definition) is 5. The van der Waals surface area contributed by atoms with E-state index in [1.807, 2.05) is 48.8 Å². The Morgan fingerprint density at radius 3 is 2.74 bits per heavy atom. The second-order valence-corrected chi connectivity index (χ2v) is 14.0. The maximum Gasteiger partial charge on any atom is 0.259 e. The number of fused-ring (bicyclic) bond motifs is 2. The summed E-state index contributed by atoms with van der Waals surface area (Å²) in [6.45, 7) is 11.1. The van der Waals surface area contributed by atoms with Crippen LogP contribution in [0.15, 0.2) is 77.9 Å². The van der Waals surface area contributed by atoms with E-state index in [2.05, 4.69) is 50.8 Å². The highest BCUT2D eigenvalue weighted by Crippen LogP contribution is 2.35. The topological polar surface area (TPSA) is 57.6 Å². The number of ketones is 1. The lowest BCUT2D eigenvalue weighted by Gasteiger charge is -2.24. The zero-order chi connectivity index (χ0) is 30.5. The van der Waals surface area contributed by atoms with Crippen molar-refractivity contribution in [3.05, 3.63) is 114 Å². The molecule has 1 N–H and O–H groups in total. The highest BCUT2D eigenvalue weighted by atomic mass is 32.1. The molecule has 1 amide bonds. The number of thiophene rings is 2. The fourth-order valence-electron chi connectivity index (χ4n) is 5.68. The van der Waals surface area contributed by atoms with E-state index >= 15 is 0 Å². The van der Waals surface area contributed by atoms with E-state index in [0.29, 0.717) is 24.1 Å². The number of amides is 1. The monoisotopic (exact) mass is 611 g/mol. The Morgan fingerprint density at radius 1 is 1.21 bits per heavy atom. The van der Waals surface area contributed by atoms with Gasteiger partial charge in [0.15, 0.2) is 5.78 Å². The average Bonchev–Trinajstić information content (AvgIpc) is 3.64.